The Bertz CT molecular complexity index is 967. The van der Waals surface area contributed by atoms with E-state index in [1.807, 2.05) is 12.1 Å². The fourth-order valence-electron chi connectivity index (χ4n) is 1.82. The lowest BCUT2D eigenvalue weighted by molar-refractivity contribution is -0.119. The fraction of sp³-hybridized carbons (Fsp3) is 0.0667. The van der Waals surface area contributed by atoms with Crippen LogP contribution >= 0.6 is 46.9 Å². The van der Waals surface area contributed by atoms with Crippen LogP contribution in [0.25, 0.3) is 5.69 Å². The summed E-state index contributed by atoms with van der Waals surface area (Å²) in [4.78, 5) is 23.5. The van der Waals surface area contributed by atoms with Gasteiger partial charge in [0.15, 0.2) is 14.1 Å². The molecule has 3 rings (SSSR count). The first-order valence-electron chi connectivity index (χ1n) is 7.14. The minimum absolute atomic E-state index is 0.0708. The predicted octanol–water partition coefficient (Wildman–Crippen LogP) is 3.46. The third-order valence-electron chi connectivity index (χ3n) is 2.99. The smallest absolute Gasteiger partial charge is 0.305 e. The van der Waals surface area contributed by atoms with Crippen LogP contribution in [0.1, 0.15) is 10.6 Å². The highest BCUT2D eigenvalue weighted by Crippen LogP contribution is 2.24. The minimum Gasteiger partial charge on any atom is -0.459 e. The van der Waals surface area contributed by atoms with E-state index in [4.69, 9.17) is 28.2 Å². The van der Waals surface area contributed by atoms with E-state index >= 15 is 0 Å². The highest BCUT2D eigenvalue weighted by Gasteiger charge is 2.12. The van der Waals surface area contributed by atoms with Crippen molar-refractivity contribution in [2.45, 2.75) is 4.34 Å². The van der Waals surface area contributed by atoms with Crippen LogP contribution in [0, 0.1) is 3.95 Å². The van der Waals surface area contributed by atoms with Crippen LogP contribution in [-0.2, 0) is 4.79 Å². The number of carbonyl (C=O) groups excluding carboxylic acids is 2. The van der Waals surface area contributed by atoms with Crippen LogP contribution in [0.15, 0.2) is 51.4 Å². The third-order valence-corrected chi connectivity index (χ3v) is 5.60. The van der Waals surface area contributed by atoms with Gasteiger partial charge in [0.05, 0.1) is 17.7 Å². The summed E-state index contributed by atoms with van der Waals surface area (Å²) in [6.07, 6.45) is 1.37. The number of nitrogens with zero attached hydrogens (tertiary/aromatic N) is 2. The quantitative estimate of drug-likeness (QED) is 0.369. The number of benzene rings is 1. The zero-order valence-corrected chi connectivity index (χ0v) is 16.2. The molecular weight excluding hydrogens is 416 g/mol. The summed E-state index contributed by atoms with van der Waals surface area (Å²) in [5, 5.41) is 5.01. The lowest BCUT2D eigenvalue weighted by Crippen LogP contribution is -2.42. The van der Waals surface area contributed by atoms with Crippen molar-refractivity contribution in [1.82, 2.24) is 20.6 Å². The summed E-state index contributed by atoms with van der Waals surface area (Å²) in [5.41, 5.74) is 5.37. The van der Waals surface area contributed by atoms with E-state index in [0.29, 0.717) is 13.3 Å². The lowest BCUT2D eigenvalue weighted by atomic mass is 10.3. The maximum Gasteiger partial charge on any atom is 0.305 e. The molecule has 2 aromatic heterocycles. The first-order chi connectivity index (χ1) is 12.5. The van der Waals surface area contributed by atoms with E-state index in [2.05, 4.69) is 16.0 Å². The minimum atomic E-state index is -0.531. The van der Waals surface area contributed by atoms with Gasteiger partial charge in [-0.1, -0.05) is 34.7 Å². The molecule has 0 atom stereocenters. The van der Waals surface area contributed by atoms with Gasteiger partial charge in [-0.3, -0.25) is 20.4 Å². The molecule has 2 heterocycles. The monoisotopic (exact) mass is 426 g/mol. The fourth-order valence-corrected chi connectivity index (χ4v) is 4.11. The van der Waals surface area contributed by atoms with Crippen molar-refractivity contribution in [3.05, 3.63) is 57.4 Å². The highest BCUT2D eigenvalue weighted by atomic mass is 35.5. The average molecular weight is 427 g/mol. The molecule has 0 aliphatic heterocycles. The molecule has 26 heavy (non-hydrogen) atoms. The van der Waals surface area contributed by atoms with Crippen LogP contribution in [-0.4, -0.2) is 27.3 Å². The predicted molar refractivity (Wildman–Crippen MR) is 102 cm³/mol. The van der Waals surface area contributed by atoms with Gasteiger partial charge in [-0.15, -0.1) is 5.10 Å². The number of aromatic nitrogens is 2. The number of rotatable bonds is 5. The van der Waals surface area contributed by atoms with Gasteiger partial charge in [-0.05, 0) is 48.6 Å². The number of nitrogens with one attached hydrogen (secondary N) is 2. The zero-order valence-electron chi connectivity index (χ0n) is 13.0. The number of hydrogen-bond acceptors (Lipinski definition) is 7. The molecule has 0 spiro atoms. The molecule has 7 nitrogen and oxygen atoms in total. The molecule has 2 amide bonds. The van der Waals surface area contributed by atoms with Crippen molar-refractivity contribution >= 4 is 58.7 Å². The molecule has 1 aromatic carbocycles. The lowest BCUT2D eigenvalue weighted by Gasteiger charge is -2.04. The van der Waals surface area contributed by atoms with Crippen LogP contribution in [0.2, 0.25) is 5.02 Å². The zero-order chi connectivity index (χ0) is 18.5. The Morgan fingerprint density at radius 3 is 2.73 bits per heavy atom. The van der Waals surface area contributed by atoms with Crippen LogP contribution in [0.4, 0.5) is 0 Å². The maximum atomic E-state index is 11.8. The van der Waals surface area contributed by atoms with Crippen molar-refractivity contribution in [1.29, 1.82) is 0 Å². The summed E-state index contributed by atoms with van der Waals surface area (Å²) < 4.78 is 7.72. The summed E-state index contributed by atoms with van der Waals surface area (Å²) in [6.45, 7) is 0. The largest absolute Gasteiger partial charge is 0.459 e. The Balaban J connectivity index is 1.54. The van der Waals surface area contributed by atoms with Crippen LogP contribution in [0.5, 0.6) is 0 Å². The molecule has 3 aromatic rings. The number of hydrogen-bond donors (Lipinski definition) is 2. The van der Waals surface area contributed by atoms with Gasteiger partial charge in [0.1, 0.15) is 0 Å². The molecule has 2 N–H and O–H groups in total. The molecule has 0 radical (unpaired) electrons. The Morgan fingerprint density at radius 2 is 2.04 bits per heavy atom. The second kappa shape index (κ2) is 8.49. The first kappa shape index (κ1) is 18.6. The SMILES string of the molecule is O=C(CSc1nn(-c2ccc(Cl)cc2)c(=S)s1)NNC(=O)c1ccco1. The van der Waals surface area contributed by atoms with Gasteiger partial charge in [-0.2, -0.15) is 0 Å². The molecule has 11 heteroatoms. The Hall–Kier alpha value is -2.14. The topological polar surface area (TPSA) is 89.2 Å². The molecule has 0 aliphatic carbocycles. The second-order valence-electron chi connectivity index (χ2n) is 4.79. The first-order valence-corrected chi connectivity index (χ1v) is 9.73. The van der Waals surface area contributed by atoms with Crippen molar-refractivity contribution in [3.63, 3.8) is 0 Å². The van der Waals surface area contributed by atoms with E-state index < -0.39 is 5.91 Å². The van der Waals surface area contributed by atoms with Gasteiger partial charge in [0, 0.05) is 5.02 Å². The highest BCUT2D eigenvalue weighted by molar-refractivity contribution is 8.01. The molecule has 0 saturated heterocycles. The van der Waals surface area contributed by atoms with Crippen molar-refractivity contribution in [3.8, 4) is 5.69 Å². The molecule has 134 valence electrons. The van der Waals surface area contributed by atoms with Gasteiger partial charge in [0.25, 0.3) is 0 Å². The standard InChI is InChI=1S/C15H11ClN4O3S3/c16-9-3-5-10(6-4-9)20-15(24)26-14(19-20)25-8-12(21)17-18-13(22)11-2-1-7-23-11/h1-7H,8H2,(H,17,21)(H,18,22). The van der Waals surface area contributed by atoms with Gasteiger partial charge < -0.3 is 4.42 Å². The third kappa shape index (κ3) is 4.73. The number of hydrazine groups is 1. The maximum absolute atomic E-state index is 11.8. The number of halogens is 1. The van der Waals surface area contributed by atoms with Gasteiger partial charge >= 0.3 is 5.91 Å². The van der Waals surface area contributed by atoms with E-state index in [9.17, 15) is 9.59 Å². The Morgan fingerprint density at radius 1 is 1.27 bits per heavy atom. The molecule has 0 fully saturated rings. The van der Waals surface area contributed by atoms with Gasteiger partial charge in [0.2, 0.25) is 5.91 Å². The average Bonchev–Trinajstić information content (AvgIpc) is 3.28. The summed E-state index contributed by atoms with van der Waals surface area (Å²) in [5.74, 6) is -0.732. The summed E-state index contributed by atoms with van der Waals surface area (Å²) in [6, 6.07) is 10.2. The molecular formula is C15H11ClN4O3S3. The Kier molecular flexibility index (Phi) is 6.09. The second-order valence-corrected chi connectivity index (χ2v) is 8.07. The normalized spacial score (nSPS) is 10.5. The Labute approximate surface area is 166 Å². The number of thioether (sulfide) groups is 1. The van der Waals surface area contributed by atoms with Crippen molar-refractivity contribution < 1.29 is 14.0 Å². The van der Waals surface area contributed by atoms with E-state index in [1.165, 1.54) is 35.4 Å². The summed E-state index contributed by atoms with van der Waals surface area (Å²) >= 11 is 13.7. The van der Waals surface area contributed by atoms with Crippen molar-refractivity contribution in [2.24, 2.45) is 0 Å². The molecule has 0 saturated carbocycles. The number of furan rings is 1. The van der Waals surface area contributed by atoms with Gasteiger partial charge in [-0.25, -0.2) is 4.68 Å². The number of amides is 2. The molecule has 0 aliphatic rings. The molecule has 0 bridgehead atoms. The van der Waals surface area contributed by atoms with Crippen LogP contribution < -0.4 is 10.9 Å². The van der Waals surface area contributed by atoms with E-state index in [1.54, 1.807) is 22.9 Å². The van der Waals surface area contributed by atoms with E-state index in [0.717, 1.165) is 5.69 Å². The number of carbonyl (C=O) groups is 2. The van der Waals surface area contributed by atoms with E-state index in [-0.39, 0.29) is 17.4 Å². The van der Waals surface area contributed by atoms with Crippen molar-refractivity contribution in [2.75, 3.05) is 5.75 Å². The molecule has 0 unspecified atom stereocenters. The summed E-state index contributed by atoms with van der Waals surface area (Å²) in [7, 11) is 0. The van der Waals surface area contributed by atoms with Crippen LogP contribution in [0.3, 0.4) is 0 Å².